The van der Waals surface area contributed by atoms with E-state index in [1.165, 1.54) is 19.3 Å². The molecule has 0 unspecified atom stereocenters. The van der Waals surface area contributed by atoms with Gasteiger partial charge in [-0.05, 0) is 30.6 Å². The van der Waals surface area contributed by atoms with Gasteiger partial charge in [0.1, 0.15) is 0 Å². The van der Waals surface area contributed by atoms with E-state index in [0.717, 1.165) is 17.8 Å². The maximum atomic E-state index is 2.41. The van der Waals surface area contributed by atoms with Crippen molar-refractivity contribution < 1.29 is 0 Å². The summed E-state index contributed by atoms with van der Waals surface area (Å²) in [5.74, 6) is 3.33. The molecule has 2 fully saturated rings. The van der Waals surface area contributed by atoms with Gasteiger partial charge in [-0.15, -0.1) is 0 Å². The van der Waals surface area contributed by atoms with Crippen LogP contribution in [0, 0.1) is 17.8 Å². The van der Waals surface area contributed by atoms with Crippen molar-refractivity contribution in [1.82, 2.24) is 0 Å². The monoisotopic (exact) mass is 182 g/mol. The second-order valence-corrected chi connectivity index (χ2v) is 4.71. The van der Waals surface area contributed by atoms with Crippen LogP contribution in [0.15, 0.2) is 0 Å². The van der Waals surface area contributed by atoms with Crippen molar-refractivity contribution in [2.24, 2.45) is 17.8 Å². The molecule has 0 N–H and O–H groups in total. The van der Waals surface area contributed by atoms with Crippen LogP contribution in [-0.4, -0.2) is 0 Å². The van der Waals surface area contributed by atoms with Crippen LogP contribution >= 0.6 is 0 Å². The van der Waals surface area contributed by atoms with E-state index >= 15 is 0 Å². The average Bonchev–Trinajstić information content (AvgIpc) is 2.09. The van der Waals surface area contributed by atoms with E-state index in [2.05, 4.69) is 6.92 Å². The smallest absolute Gasteiger partial charge is 0.0386 e. The standard InChI is InChI=1S/C11H20.C2H6/c1-9-5-7-11(8-6-9)10-3-2-4-10;1-2/h9-11H,2-8H2,1H3;1-2H3. The van der Waals surface area contributed by atoms with Crippen LogP contribution in [0.4, 0.5) is 0 Å². The van der Waals surface area contributed by atoms with Gasteiger partial charge in [-0.2, -0.15) is 0 Å². The Labute approximate surface area is 84.1 Å². The Bertz CT molecular complexity index is 116. The highest BCUT2D eigenvalue weighted by Gasteiger charge is 2.29. The molecule has 0 radical (unpaired) electrons. The van der Waals surface area contributed by atoms with Crippen molar-refractivity contribution in [2.75, 3.05) is 0 Å². The summed E-state index contributed by atoms with van der Waals surface area (Å²) in [7, 11) is 0. The van der Waals surface area contributed by atoms with E-state index < -0.39 is 0 Å². The summed E-state index contributed by atoms with van der Waals surface area (Å²) in [4.78, 5) is 0. The van der Waals surface area contributed by atoms with Crippen LogP contribution in [0.5, 0.6) is 0 Å². The first-order valence-corrected chi connectivity index (χ1v) is 6.36. The predicted octanol–water partition coefficient (Wildman–Crippen LogP) is 4.64. The molecule has 0 atom stereocenters. The van der Waals surface area contributed by atoms with Crippen LogP contribution in [0.3, 0.4) is 0 Å². The van der Waals surface area contributed by atoms with Crippen LogP contribution in [0.25, 0.3) is 0 Å². The van der Waals surface area contributed by atoms with Gasteiger partial charge in [-0.3, -0.25) is 0 Å². The van der Waals surface area contributed by atoms with Crippen molar-refractivity contribution in [3.8, 4) is 0 Å². The lowest BCUT2D eigenvalue weighted by atomic mass is 9.68. The largest absolute Gasteiger partial charge is 0.0683 e. The zero-order valence-electron chi connectivity index (χ0n) is 9.68. The lowest BCUT2D eigenvalue weighted by molar-refractivity contribution is 0.143. The number of rotatable bonds is 1. The third-order valence-electron chi connectivity index (χ3n) is 3.88. The van der Waals surface area contributed by atoms with Crippen molar-refractivity contribution in [2.45, 2.75) is 65.7 Å². The van der Waals surface area contributed by atoms with Crippen molar-refractivity contribution in [3.63, 3.8) is 0 Å². The zero-order chi connectivity index (χ0) is 9.68. The molecule has 0 heteroatoms. The Morgan fingerprint density at radius 3 is 1.54 bits per heavy atom. The SMILES string of the molecule is CC.CC1CCC(C2CCC2)CC1. The summed E-state index contributed by atoms with van der Waals surface area (Å²) < 4.78 is 0. The Balaban J connectivity index is 0.000000396. The molecule has 13 heavy (non-hydrogen) atoms. The minimum atomic E-state index is 1.03. The van der Waals surface area contributed by atoms with Crippen LogP contribution in [-0.2, 0) is 0 Å². The molecule has 2 saturated carbocycles. The molecule has 0 heterocycles. The maximum Gasteiger partial charge on any atom is -0.0386 e. The van der Waals surface area contributed by atoms with Crippen molar-refractivity contribution in [3.05, 3.63) is 0 Å². The van der Waals surface area contributed by atoms with Gasteiger partial charge in [-0.25, -0.2) is 0 Å². The second kappa shape index (κ2) is 5.67. The van der Waals surface area contributed by atoms with Gasteiger partial charge >= 0.3 is 0 Å². The highest BCUT2D eigenvalue weighted by atomic mass is 14.3. The minimum Gasteiger partial charge on any atom is -0.0683 e. The van der Waals surface area contributed by atoms with E-state index in [0.29, 0.717) is 0 Å². The molecule has 78 valence electrons. The lowest BCUT2D eigenvalue weighted by Gasteiger charge is -2.37. The van der Waals surface area contributed by atoms with Gasteiger partial charge in [0.15, 0.2) is 0 Å². The molecule has 0 bridgehead atoms. The Morgan fingerprint density at radius 2 is 1.15 bits per heavy atom. The maximum absolute atomic E-state index is 2.41. The molecule has 2 aliphatic rings. The summed E-state index contributed by atoms with van der Waals surface area (Å²) in [6, 6.07) is 0. The first kappa shape index (κ1) is 11.1. The van der Waals surface area contributed by atoms with Crippen molar-refractivity contribution in [1.29, 1.82) is 0 Å². The molecular weight excluding hydrogens is 156 g/mol. The second-order valence-electron chi connectivity index (χ2n) is 4.71. The van der Waals surface area contributed by atoms with Gasteiger partial charge in [0, 0.05) is 0 Å². The van der Waals surface area contributed by atoms with E-state index in [1.54, 1.807) is 25.7 Å². The minimum absolute atomic E-state index is 1.03. The molecule has 2 rings (SSSR count). The Morgan fingerprint density at radius 1 is 0.692 bits per heavy atom. The molecule has 0 aromatic heterocycles. The molecule has 2 aliphatic carbocycles. The summed E-state index contributed by atoms with van der Waals surface area (Å²) in [5.41, 5.74) is 0. The third-order valence-corrected chi connectivity index (χ3v) is 3.88. The Hall–Kier alpha value is 0. The lowest BCUT2D eigenvalue weighted by Crippen LogP contribution is -2.25. The van der Waals surface area contributed by atoms with E-state index in [-0.39, 0.29) is 0 Å². The van der Waals surface area contributed by atoms with Crippen LogP contribution in [0.2, 0.25) is 0 Å². The summed E-state index contributed by atoms with van der Waals surface area (Å²) in [6.07, 6.45) is 10.8. The quantitative estimate of drug-likeness (QED) is 0.554. The summed E-state index contributed by atoms with van der Waals surface area (Å²) >= 11 is 0. The normalized spacial score (nSPS) is 34.4. The van der Waals surface area contributed by atoms with Crippen LogP contribution in [0.1, 0.15) is 65.7 Å². The van der Waals surface area contributed by atoms with Gasteiger partial charge in [0.25, 0.3) is 0 Å². The fraction of sp³-hybridized carbons (Fsp3) is 1.00. The molecule has 0 aromatic rings. The van der Waals surface area contributed by atoms with Gasteiger partial charge < -0.3 is 0 Å². The highest BCUT2D eigenvalue weighted by Crippen LogP contribution is 2.42. The summed E-state index contributed by atoms with van der Waals surface area (Å²) in [6.45, 7) is 6.41. The first-order valence-electron chi connectivity index (χ1n) is 6.36. The van der Waals surface area contributed by atoms with Crippen molar-refractivity contribution >= 4 is 0 Å². The average molecular weight is 182 g/mol. The Kier molecular flexibility index (Phi) is 4.83. The van der Waals surface area contributed by atoms with E-state index in [4.69, 9.17) is 0 Å². The number of hydrogen-bond acceptors (Lipinski definition) is 0. The third kappa shape index (κ3) is 3.00. The van der Waals surface area contributed by atoms with Crippen LogP contribution < -0.4 is 0 Å². The molecule has 0 nitrogen and oxygen atoms in total. The molecule has 0 amide bonds. The first-order chi connectivity index (χ1) is 6.36. The highest BCUT2D eigenvalue weighted by molar-refractivity contribution is 4.81. The molecule has 0 aromatic carbocycles. The molecule has 0 saturated heterocycles. The zero-order valence-corrected chi connectivity index (χ0v) is 9.68. The van der Waals surface area contributed by atoms with Gasteiger partial charge in [0.05, 0.1) is 0 Å². The molecular formula is C13H26. The summed E-state index contributed by atoms with van der Waals surface area (Å²) in [5, 5.41) is 0. The van der Waals surface area contributed by atoms with Gasteiger partial charge in [-0.1, -0.05) is 52.9 Å². The molecule has 0 aliphatic heterocycles. The van der Waals surface area contributed by atoms with E-state index in [1.807, 2.05) is 13.8 Å². The van der Waals surface area contributed by atoms with Gasteiger partial charge in [0.2, 0.25) is 0 Å². The fourth-order valence-electron chi connectivity index (χ4n) is 2.67. The van der Waals surface area contributed by atoms with E-state index in [9.17, 15) is 0 Å². The molecule has 0 spiro atoms. The predicted molar refractivity (Wildman–Crippen MR) is 59.8 cm³/mol. The fourth-order valence-corrected chi connectivity index (χ4v) is 2.67. The topological polar surface area (TPSA) is 0 Å². The number of hydrogen-bond donors (Lipinski definition) is 0.